The van der Waals surface area contributed by atoms with Crippen LogP contribution in [0.1, 0.15) is 5.56 Å². The van der Waals surface area contributed by atoms with Crippen molar-refractivity contribution in [2.24, 2.45) is 17.8 Å². The maximum atomic E-state index is 13.0. The first-order chi connectivity index (χ1) is 12.9. The Morgan fingerprint density at radius 1 is 1.41 bits per heavy atom. The van der Waals surface area contributed by atoms with Crippen LogP contribution < -0.4 is 5.32 Å². The molecular weight excluding hydrogens is 354 g/mol. The minimum Gasteiger partial charge on any atom is -0.447 e. The van der Waals surface area contributed by atoms with Crippen molar-refractivity contribution in [2.75, 3.05) is 13.2 Å². The second kappa shape index (κ2) is 6.35. The molecule has 2 amide bonds. The summed E-state index contributed by atoms with van der Waals surface area (Å²) in [6, 6.07) is 5.53. The topological polar surface area (TPSA) is 99.1 Å². The normalized spacial score (nSPS) is 30.2. The van der Waals surface area contributed by atoms with Crippen LogP contribution in [-0.4, -0.2) is 58.7 Å². The Kier molecular flexibility index (Phi) is 4.23. The number of hydrogen-bond donors (Lipinski definition) is 3. The molecule has 4 aliphatic rings. The first-order valence-electron chi connectivity index (χ1n) is 8.86. The number of nitrogens with one attached hydrogen (secondary N) is 1. The van der Waals surface area contributed by atoms with Crippen LogP contribution in [0.4, 0.5) is 9.18 Å². The molecule has 2 saturated carbocycles. The summed E-state index contributed by atoms with van der Waals surface area (Å²) >= 11 is 0. The number of amides is 2. The molecule has 0 spiro atoms. The fourth-order valence-electron chi connectivity index (χ4n) is 4.60. The van der Waals surface area contributed by atoms with E-state index in [1.54, 1.807) is 4.90 Å². The molecule has 2 bridgehead atoms. The van der Waals surface area contributed by atoms with Crippen molar-refractivity contribution in [1.82, 2.24) is 10.2 Å². The standard InChI is InChI=1S/C18H20BFN2O5/c1-2-14(23)22-8-12-15-16(12)18(15,22)9-27-17(24)21-13(19(25)26)7-10-3-5-11(20)6-4-10/h2-6,12-13,15-16,25-26H,1,7-9H2,(H,21,24)/t12?,13-,15+,16?,18?/m0/s1. The van der Waals surface area contributed by atoms with Gasteiger partial charge in [0.25, 0.3) is 0 Å². The van der Waals surface area contributed by atoms with Gasteiger partial charge in [0, 0.05) is 6.54 Å². The van der Waals surface area contributed by atoms with Crippen LogP contribution in [0.15, 0.2) is 36.9 Å². The Labute approximate surface area is 155 Å². The molecular formula is C18H20BFN2O5. The third-order valence-electron chi connectivity index (χ3n) is 6.02. The summed E-state index contributed by atoms with van der Waals surface area (Å²) in [4.78, 5) is 25.8. The summed E-state index contributed by atoms with van der Waals surface area (Å²) in [7, 11) is -1.80. The average molecular weight is 374 g/mol. The van der Waals surface area contributed by atoms with E-state index < -0.39 is 30.5 Å². The Bertz CT molecular complexity index is 776. The largest absolute Gasteiger partial charge is 0.475 e. The highest BCUT2D eigenvalue weighted by Crippen LogP contribution is 2.83. The fourth-order valence-corrected chi connectivity index (χ4v) is 4.60. The molecule has 0 aromatic heterocycles. The van der Waals surface area contributed by atoms with E-state index in [0.717, 1.165) is 0 Å². The van der Waals surface area contributed by atoms with Crippen molar-refractivity contribution in [3.63, 3.8) is 0 Å². The van der Waals surface area contributed by atoms with Gasteiger partial charge in [-0.15, -0.1) is 0 Å². The maximum Gasteiger partial charge on any atom is 0.475 e. The third-order valence-corrected chi connectivity index (χ3v) is 6.02. The summed E-state index contributed by atoms with van der Waals surface area (Å²) in [5.41, 5.74) is 0.232. The monoisotopic (exact) mass is 374 g/mol. The van der Waals surface area contributed by atoms with E-state index in [9.17, 15) is 24.0 Å². The molecule has 5 rings (SSSR count). The number of alkyl carbamates (subject to hydrolysis) is 1. The van der Waals surface area contributed by atoms with E-state index in [1.165, 1.54) is 30.3 Å². The quantitative estimate of drug-likeness (QED) is 0.465. The number of fused-ring (bicyclic) bond motifs is 1. The van der Waals surface area contributed by atoms with Gasteiger partial charge in [-0.05, 0) is 47.9 Å². The number of carbonyl (C=O) groups is 2. The maximum absolute atomic E-state index is 13.0. The minimum atomic E-state index is -1.80. The summed E-state index contributed by atoms with van der Waals surface area (Å²) in [6.45, 7) is 4.26. The molecule has 27 heavy (non-hydrogen) atoms. The van der Waals surface area contributed by atoms with Gasteiger partial charge < -0.3 is 25.0 Å². The molecule has 2 saturated heterocycles. The first kappa shape index (κ1) is 18.0. The van der Waals surface area contributed by atoms with Crippen LogP contribution in [-0.2, 0) is 16.0 Å². The van der Waals surface area contributed by atoms with Crippen LogP contribution in [0.25, 0.3) is 0 Å². The van der Waals surface area contributed by atoms with Crippen molar-refractivity contribution < 1.29 is 28.8 Å². The molecule has 5 atom stereocenters. The highest BCUT2D eigenvalue weighted by Gasteiger charge is 2.91. The number of hydrogen-bond acceptors (Lipinski definition) is 5. The van der Waals surface area contributed by atoms with Gasteiger partial charge in [0.2, 0.25) is 5.91 Å². The van der Waals surface area contributed by atoms with Crippen LogP contribution in [0.2, 0.25) is 0 Å². The van der Waals surface area contributed by atoms with Crippen molar-refractivity contribution in [3.8, 4) is 0 Å². The number of carbonyl (C=O) groups excluding carboxylic acids is 2. The van der Waals surface area contributed by atoms with Gasteiger partial charge in [-0.3, -0.25) is 4.79 Å². The van der Waals surface area contributed by atoms with Gasteiger partial charge in [-0.25, -0.2) is 9.18 Å². The number of halogens is 1. The smallest absolute Gasteiger partial charge is 0.447 e. The van der Waals surface area contributed by atoms with Crippen LogP contribution in [0, 0.1) is 23.6 Å². The second-order valence-corrected chi connectivity index (χ2v) is 7.43. The van der Waals surface area contributed by atoms with Crippen molar-refractivity contribution in [3.05, 3.63) is 48.3 Å². The molecule has 1 aromatic rings. The van der Waals surface area contributed by atoms with E-state index in [2.05, 4.69) is 11.9 Å². The van der Waals surface area contributed by atoms with E-state index >= 15 is 0 Å². The number of benzene rings is 1. The van der Waals surface area contributed by atoms with Crippen molar-refractivity contribution >= 4 is 19.1 Å². The Balaban J connectivity index is 1.32. The molecule has 1 aromatic carbocycles. The summed E-state index contributed by atoms with van der Waals surface area (Å²) < 4.78 is 18.3. The SMILES string of the molecule is C=CC(=O)N1CC2C3[C@@H]2C31COC(=O)N[C@@H](Cc1ccc(F)cc1)B(O)O. The van der Waals surface area contributed by atoms with Gasteiger partial charge in [-0.1, -0.05) is 18.7 Å². The van der Waals surface area contributed by atoms with Gasteiger partial charge >= 0.3 is 13.2 Å². The molecule has 4 fully saturated rings. The lowest BCUT2D eigenvalue weighted by atomic mass is 9.76. The predicted molar refractivity (Wildman–Crippen MR) is 93.7 cm³/mol. The van der Waals surface area contributed by atoms with E-state index in [4.69, 9.17) is 4.74 Å². The third kappa shape index (κ3) is 2.91. The molecule has 3 unspecified atom stereocenters. The van der Waals surface area contributed by atoms with Crippen molar-refractivity contribution in [1.29, 1.82) is 0 Å². The van der Waals surface area contributed by atoms with Gasteiger partial charge in [0.1, 0.15) is 12.4 Å². The Morgan fingerprint density at radius 3 is 2.67 bits per heavy atom. The molecule has 3 N–H and O–H groups in total. The van der Waals surface area contributed by atoms with Crippen LogP contribution >= 0.6 is 0 Å². The first-order valence-corrected chi connectivity index (χ1v) is 8.86. The minimum absolute atomic E-state index is 0.0784. The Morgan fingerprint density at radius 2 is 2.07 bits per heavy atom. The lowest BCUT2D eigenvalue weighted by Crippen LogP contribution is -2.49. The number of rotatable bonds is 7. The summed E-state index contributed by atoms with van der Waals surface area (Å²) in [5, 5.41) is 21.5. The summed E-state index contributed by atoms with van der Waals surface area (Å²) in [5.74, 6) is -0.266. The highest BCUT2D eigenvalue weighted by molar-refractivity contribution is 6.43. The van der Waals surface area contributed by atoms with Gasteiger partial charge in [-0.2, -0.15) is 0 Å². The van der Waals surface area contributed by atoms with E-state index in [1.807, 2.05) is 0 Å². The molecule has 2 heterocycles. The van der Waals surface area contributed by atoms with Gasteiger partial charge in [0.05, 0.1) is 11.5 Å². The number of nitrogens with zero attached hydrogens (tertiary/aromatic N) is 1. The van der Waals surface area contributed by atoms with Gasteiger partial charge in [0.15, 0.2) is 0 Å². The fraction of sp³-hybridized carbons (Fsp3) is 0.444. The zero-order chi connectivity index (χ0) is 19.3. The average Bonchev–Trinajstić information content (AvgIpc) is 3.46. The summed E-state index contributed by atoms with van der Waals surface area (Å²) in [6.07, 6.45) is 0.584. The zero-order valence-electron chi connectivity index (χ0n) is 14.5. The highest BCUT2D eigenvalue weighted by atomic mass is 19.1. The molecule has 9 heteroatoms. The lowest BCUT2D eigenvalue weighted by Gasteiger charge is -2.27. The van der Waals surface area contributed by atoms with Crippen LogP contribution in [0.3, 0.4) is 0 Å². The Hall–Kier alpha value is -2.39. The molecule has 0 radical (unpaired) electrons. The van der Waals surface area contributed by atoms with Crippen molar-refractivity contribution in [2.45, 2.75) is 17.9 Å². The molecule has 142 valence electrons. The number of ether oxygens (including phenoxy) is 1. The second-order valence-electron chi connectivity index (χ2n) is 7.43. The van der Waals surface area contributed by atoms with Crippen LogP contribution in [0.5, 0.6) is 0 Å². The zero-order valence-corrected chi connectivity index (χ0v) is 14.5. The van der Waals surface area contributed by atoms with E-state index in [-0.39, 0.29) is 18.9 Å². The van der Waals surface area contributed by atoms with E-state index in [0.29, 0.717) is 29.9 Å². The number of piperidine rings is 1. The molecule has 2 aliphatic carbocycles. The lowest BCUT2D eigenvalue weighted by molar-refractivity contribution is -0.128. The predicted octanol–water partition coefficient (Wildman–Crippen LogP) is 0.118. The molecule has 2 aliphatic heterocycles. The molecule has 7 nitrogen and oxygen atoms in total.